The summed E-state index contributed by atoms with van der Waals surface area (Å²) < 4.78 is 20.0. The lowest BCUT2D eigenvalue weighted by Gasteiger charge is -2.36. The SMILES string of the molecule is CCCC(CCC)N(C(=O)CN1CC(c2ccc3c(c2)CCO3)C(C(=O)O)C1CCN1CCC(=O)N(C)C1=O)c1ccc(F)c(C)c1. The van der Waals surface area contributed by atoms with E-state index in [9.17, 15) is 28.7 Å². The number of halogens is 1. The lowest BCUT2D eigenvalue weighted by Crippen LogP contribution is -2.52. The largest absolute Gasteiger partial charge is 0.493 e. The summed E-state index contributed by atoms with van der Waals surface area (Å²) in [5, 5.41) is 10.7. The second kappa shape index (κ2) is 14.8. The quantitative estimate of drug-likeness (QED) is 0.317. The minimum absolute atomic E-state index is 0.0221. The first kappa shape index (κ1) is 34.3. The van der Waals surface area contributed by atoms with E-state index in [2.05, 4.69) is 13.8 Å². The van der Waals surface area contributed by atoms with Gasteiger partial charge in [-0.15, -0.1) is 0 Å². The number of fused-ring (bicyclic) bond motifs is 1. The molecule has 0 bridgehead atoms. The van der Waals surface area contributed by atoms with E-state index in [0.29, 0.717) is 30.8 Å². The molecule has 3 atom stereocenters. The Bertz CT molecular complexity index is 1490. The molecule has 2 aromatic carbocycles. The van der Waals surface area contributed by atoms with Crippen LogP contribution < -0.4 is 9.64 Å². The van der Waals surface area contributed by atoms with Crippen LogP contribution in [0.25, 0.3) is 0 Å². The van der Waals surface area contributed by atoms with Gasteiger partial charge in [0.1, 0.15) is 11.6 Å². The lowest BCUT2D eigenvalue weighted by molar-refractivity contribution is -0.143. The summed E-state index contributed by atoms with van der Waals surface area (Å²) in [5.41, 5.74) is 3.02. The van der Waals surface area contributed by atoms with Crippen molar-refractivity contribution in [2.24, 2.45) is 5.92 Å². The van der Waals surface area contributed by atoms with Gasteiger partial charge in [-0.25, -0.2) is 9.18 Å². The van der Waals surface area contributed by atoms with Crippen molar-refractivity contribution in [1.29, 1.82) is 0 Å². The number of carbonyl (C=O) groups excluding carboxylic acids is 3. The van der Waals surface area contributed by atoms with Gasteiger partial charge in [-0.05, 0) is 67.1 Å². The van der Waals surface area contributed by atoms with Crippen LogP contribution >= 0.6 is 0 Å². The third-order valence-corrected chi connectivity index (χ3v) is 10.0. The van der Waals surface area contributed by atoms with Crippen molar-refractivity contribution in [2.45, 2.75) is 83.7 Å². The molecule has 4 amide bonds. The number of ether oxygens (including phenoxy) is 1. The number of aliphatic carboxylic acids is 1. The lowest BCUT2D eigenvalue weighted by atomic mass is 9.83. The molecule has 47 heavy (non-hydrogen) atoms. The molecule has 3 heterocycles. The predicted octanol–water partition coefficient (Wildman–Crippen LogP) is 5.21. The van der Waals surface area contributed by atoms with Crippen molar-refractivity contribution in [2.75, 3.05) is 44.7 Å². The molecule has 11 heteroatoms. The number of carbonyl (C=O) groups is 4. The number of nitrogens with zero attached hydrogens (tertiary/aromatic N) is 4. The smallest absolute Gasteiger partial charge is 0.326 e. The highest BCUT2D eigenvalue weighted by molar-refractivity contribution is 5.96. The van der Waals surface area contributed by atoms with Crippen LogP contribution in [-0.2, 0) is 20.8 Å². The second-order valence-electron chi connectivity index (χ2n) is 13.1. The number of carboxylic acid groups (broad SMARTS) is 1. The third-order valence-electron chi connectivity index (χ3n) is 10.0. The Morgan fingerprint density at radius 2 is 1.83 bits per heavy atom. The molecule has 2 fully saturated rings. The van der Waals surface area contributed by atoms with Crippen LogP contribution in [0.5, 0.6) is 5.75 Å². The van der Waals surface area contributed by atoms with Crippen LogP contribution in [0.3, 0.4) is 0 Å². The first-order valence-corrected chi connectivity index (χ1v) is 16.9. The molecule has 5 rings (SSSR count). The van der Waals surface area contributed by atoms with Crippen LogP contribution in [-0.4, -0.2) is 95.5 Å². The van der Waals surface area contributed by atoms with E-state index >= 15 is 0 Å². The zero-order chi connectivity index (χ0) is 33.8. The topological polar surface area (TPSA) is 111 Å². The molecule has 2 saturated heterocycles. The van der Waals surface area contributed by atoms with E-state index in [0.717, 1.165) is 53.9 Å². The van der Waals surface area contributed by atoms with Gasteiger partial charge in [-0.2, -0.15) is 0 Å². The molecule has 3 aliphatic heterocycles. The summed E-state index contributed by atoms with van der Waals surface area (Å²) in [6, 6.07) is 9.57. The third kappa shape index (κ3) is 7.30. The number of imide groups is 1. The van der Waals surface area contributed by atoms with Crippen molar-refractivity contribution >= 4 is 29.5 Å². The van der Waals surface area contributed by atoms with Gasteiger partial charge in [0.25, 0.3) is 0 Å². The molecular formula is C36H47FN4O6. The molecule has 0 spiro atoms. The van der Waals surface area contributed by atoms with Crippen molar-refractivity contribution in [3.63, 3.8) is 0 Å². The van der Waals surface area contributed by atoms with Crippen molar-refractivity contribution < 1.29 is 33.4 Å². The molecular weight excluding hydrogens is 603 g/mol. The fourth-order valence-electron chi connectivity index (χ4n) is 7.59. The predicted molar refractivity (Wildman–Crippen MR) is 176 cm³/mol. The van der Waals surface area contributed by atoms with Gasteiger partial charge in [0.15, 0.2) is 0 Å². The number of hydrogen-bond acceptors (Lipinski definition) is 6. The van der Waals surface area contributed by atoms with Gasteiger partial charge in [-0.1, -0.05) is 38.8 Å². The fourth-order valence-corrected chi connectivity index (χ4v) is 7.59. The number of urea groups is 1. The average molecular weight is 651 g/mol. The molecule has 3 unspecified atom stereocenters. The zero-order valence-electron chi connectivity index (χ0n) is 27.9. The Kier molecular flexibility index (Phi) is 10.8. The first-order valence-electron chi connectivity index (χ1n) is 16.9. The van der Waals surface area contributed by atoms with Crippen LogP contribution in [0.15, 0.2) is 36.4 Å². The monoisotopic (exact) mass is 650 g/mol. The molecule has 0 aromatic heterocycles. The summed E-state index contributed by atoms with van der Waals surface area (Å²) in [5.74, 6) is -2.10. The highest BCUT2D eigenvalue weighted by Crippen LogP contribution is 2.41. The van der Waals surface area contributed by atoms with E-state index < -0.39 is 24.0 Å². The summed E-state index contributed by atoms with van der Waals surface area (Å²) in [7, 11) is 1.46. The number of carboxylic acids is 1. The number of anilines is 1. The van der Waals surface area contributed by atoms with Crippen molar-refractivity contribution in [1.82, 2.24) is 14.7 Å². The summed E-state index contributed by atoms with van der Waals surface area (Å²) in [4.78, 5) is 59.0. The molecule has 1 N–H and O–H groups in total. The van der Waals surface area contributed by atoms with E-state index in [-0.39, 0.29) is 55.6 Å². The minimum atomic E-state index is -0.954. The summed E-state index contributed by atoms with van der Waals surface area (Å²) in [6.07, 6.45) is 4.58. The molecule has 0 saturated carbocycles. The number of amides is 4. The van der Waals surface area contributed by atoms with Crippen LogP contribution in [0, 0.1) is 18.7 Å². The van der Waals surface area contributed by atoms with Gasteiger partial charge in [0.05, 0.1) is 19.1 Å². The Labute approximate surface area is 276 Å². The van der Waals surface area contributed by atoms with Gasteiger partial charge >= 0.3 is 12.0 Å². The van der Waals surface area contributed by atoms with Gasteiger partial charge < -0.3 is 19.6 Å². The van der Waals surface area contributed by atoms with Crippen molar-refractivity contribution in [3.05, 3.63) is 58.9 Å². The van der Waals surface area contributed by atoms with E-state index in [1.165, 1.54) is 13.1 Å². The van der Waals surface area contributed by atoms with Gasteiger partial charge in [0.2, 0.25) is 11.8 Å². The Morgan fingerprint density at radius 1 is 1.09 bits per heavy atom. The standard InChI is InChI=1S/C36H47FN4O6/c1-5-7-26(8-6-2)41(27-10-11-29(37)23(3)19-27)33(43)22-40-21-28(24-9-12-31-25(20-24)15-18-47-31)34(35(44)45)30(40)13-16-39-17-14-32(42)38(4)36(39)46/h9-12,19-20,26,28,30,34H,5-8,13-18,21-22H2,1-4H3,(H,44,45). The summed E-state index contributed by atoms with van der Waals surface area (Å²) in [6.45, 7) is 7.28. The molecule has 10 nitrogen and oxygen atoms in total. The molecule has 254 valence electrons. The van der Waals surface area contributed by atoms with Crippen LogP contribution in [0.1, 0.15) is 75.0 Å². The van der Waals surface area contributed by atoms with Crippen LogP contribution in [0.2, 0.25) is 0 Å². The molecule has 0 radical (unpaired) electrons. The highest BCUT2D eigenvalue weighted by atomic mass is 19.1. The van der Waals surface area contributed by atoms with Gasteiger partial charge in [-0.3, -0.25) is 24.2 Å². The van der Waals surface area contributed by atoms with E-state index in [1.54, 1.807) is 28.9 Å². The number of likely N-dealkylation sites (tertiary alicyclic amines) is 1. The Balaban J connectivity index is 1.48. The minimum Gasteiger partial charge on any atom is -0.493 e. The molecule has 3 aliphatic rings. The highest BCUT2D eigenvalue weighted by Gasteiger charge is 2.48. The maximum atomic E-state index is 14.5. The fraction of sp³-hybridized carbons (Fsp3) is 0.556. The van der Waals surface area contributed by atoms with Crippen molar-refractivity contribution in [3.8, 4) is 5.75 Å². The van der Waals surface area contributed by atoms with E-state index in [4.69, 9.17) is 4.74 Å². The van der Waals surface area contributed by atoms with E-state index in [1.807, 2.05) is 23.1 Å². The Hall–Kier alpha value is -3.99. The molecule has 2 aromatic rings. The number of hydrogen-bond donors (Lipinski definition) is 1. The number of benzene rings is 2. The molecule has 0 aliphatic carbocycles. The summed E-state index contributed by atoms with van der Waals surface area (Å²) >= 11 is 0. The number of aryl methyl sites for hydroxylation is 1. The zero-order valence-corrected chi connectivity index (χ0v) is 27.9. The van der Waals surface area contributed by atoms with Gasteiger partial charge in [0, 0.05) is 63.2 Å². The number of rotatable bonds is 13. The Morgan fingerprint density at radius 3 is 2.51 bits per heavy atom. The average Bonchev–Trinajstić information content (AvgIpc) is 3.66. The maximum absolute atomic E-state index is 14.5. The normalized spacial score (nSPS) is 21.4. The maximum Gasteiger partial charge on any atom is 0.326 e. The first-order chi connectivity index (χ1) is 22.5. The van der Waals surface area contributed by atoms with Crippen LogP contribution in [0.4, 0.5) is 14.9 Å². The second-order valence-corrected chi connectivity index (χ2v) is 13.1.